The van der Waals surface area contributed by atoms with Gasteiger partial charge in [-0.25, -0.2) is 4.79 Å². The molecule has 0 radical (unpaired) electrons. The van der Waals surface area contributed by atoms with E-state index in [9.17, 15) is 9.90 Å². The van der Waals surface area contributed by atoms with Gasteiger partial charge in [0.1, 0.15) is 18.1 Å². The van der Waals surface area contributed by atoms with E-state index in [-0.39, 0.29) is 18.7 Å². The zero-order valence-corrected chi connectivity index (χ0v) is 10.7. The molecule has 1 aromatic heterocycles. The molecule has 0 aliphatic carbocycles. The van der Waals surface area contributed by atoms with Crippen LogP contribution in [0.25, 0.3) is 0 Å². The van der Waals surface area contributed by atoms with Crippen LogP contribution in [-0.4, -0.2) is 51.7 Å². The summed E-state index contributed by atoms with van der Waals surface area (Å²) in [5.74, 6) is 0.721. The second-order valence-electron chi connectivity index (χ2n) is 5.04. The maximum Gasteiger partial charge on any atom is 0.351 e. The van der Waals surface area contributed by atoms with E-state index in [1.54, 1.807) is 6.20 Å². The van der Waals surface area contributed by atoms with Crippen molar-refractivity contribution in [3.63, 3.8) is 0 Å². The number of aromatic nitrogens is 2. The average Bonchev–Trinajstić information content (AvgIpc) is 3.15. The van der Waals surface area contributed by atoms with Crippen LogP contribution in [0, 0.1) is 6.92 Å². The van der Waals surface area contributed by atoms with Gasteiger partial charge in [-0.05, 0) is 6.92 Å². The normalized spacial score (nSPS) is 29.8. The van der Waals surface area contributed by atoms with Gasteiger partial charge in [0.05, 0.1) is 12.7 Å². The van der Waals surface area contributed by atoms with Gasteiger partial charge in [-0.3, -0.25) is 4.57 Å². The Labute approximate surface area is 110 Å². The summed E-state index contributed by atoms with van der Waals surface area (Å²) in [6.07, 6.45) is 0.0438. The third-order valence-electron chi connectivity index (χ3n) is 3.55. The van der Waals surface area contributed by atoms with E-state index in [0.717, 1.165) is 24.5 Å². The molecular weight excluding hydrogens is 250 g/mol. The van der Waals surface area contributed by atoms with Crippen molar-refractivity contribution < 1.29 is 14.9 Å². The fourth-order valence-electron chi connectivity index (χ4n) is 2.40. The first kappa shape index (κ1) is 12.6. The van der Waals surface area contributed by atoms with Gasteiger partial charge < -0.3 is 19.8 Å². The van der Waals surface area contributed by atoms with Crippen molar-refractivity contribution in [1.29, 1.82) is 0 Å². The molecule has 3 rings (SSSR count). The minimum atomic E-state index is -0.755. The van der Waals surface area contributed by atoms with Gasteiger partial charge in [0.2, 0.25) is 0 Å². The molecule has 19 heavy (non-hydrogen) atoms. The van der Waals surface area contributed by atoms with E-state index in [4.69, 9.17) is 9.84 Å². The Morgan fingerprint density at radius 1 is 1.53 bits per heavy atom. The van der Waals surface area contributed by atoms with Crippen molar-refractivity contribution in [2.75, 3.05) is 24.6 Å². The summed E-state index contributed by atoms with van der Waals surface area (Å²) in [7, 11) is 0. The fourth-order valence-corrected chi connectivity index (χ4v) is 2.40. The second kappa shape index (κ2) is 4.59. The quantitative estimate of drug-likeness (QED) is 0.684. The molecule has 0 saturated carbocycles. The number of rotatable bonds is 3. The molecule has 0 bridgehead atoms. The highest BCUT2D eigenvalue weighted by Crippen LogP contribution is 2.28. The Morgan fingerprint density at radius 2 is 2.26 bits per heavy atom. The Balaban J connectivity index is 1.89. The van der Waals surface area contributed by atoms with E-state index in [1.165, 1.54) is 4.57 Å². The van der Waals surface area contributed by atoms with Crippen LogP contribution in [0.2, 0.25) is 0 Å². The summed E-state index contributed by atoms with van der Waals surface area (Å²) >= 11 is 0. The number of hydrogen-bond acceptors (Lipinski definition) is 6. The molecule has 7 nitrogen and oxygen atoms in total. The second-order valence-corrected chi connectivity index (χ2v) is 5.04. The van der Waals surface area contributed by atoms with Gasteiger partial charge in [-0.15, -0.1) is 0 Å². The Kier molecular flexibility index (Phi) is 3.04. The SMILES string of the molecule is Cc1cn([C@H]2C[C@H](O)[C@@H](CO)O2)c(=O)nc1N1CC1. The first-order valence-corrected chi connectivity index (χ1v) is 6.39. The van der Waals surface area contributed by atoms with Crippen LogP contribution in [0.4, 0.5) is 5.82 Å². The van der Waals surface area contributed by atoms with Gasteiger partial charge in [0.25, 0.3) is 0 Å². The van der Waals surface area contributed by atoms with Crippen LogP contribution in [0.5, 0.6) is 0 Å². The largest absolute Gasteiger partial charge is 0.394 e. The predicted molar refractivity (Wildman–Crippen MR) is 67.1 cm³/mol. The third-order valence-corrected chi connectivity index (χ3v) is 3.55. The summed E-state index contributed by atoms with van der Waals surface area (Å²) in [5, 5.41) is 18.8. The molecule has 104 valence electrons. The molecule has 0 unspecified atom stereocenters. The lowest BCUT2D eigenvalue weighted by Gasteiger charge is -2.16. The van der Waals surface area contributed by atoms with E-state index in [2.05, 4.69) is 4.98 Å². The average molecular weight is 267 g/mol. The number of nitrogens with zero attached hydrogens (tertiary/aromatic N) is 3. The monoisotopic (exact) mass is 267 g/mol. The maximum atomic E-state index is 12.0. The van der Waals surface area contributed by atoms with Gasteiger partial charge in [0, 0.05) is 31.3 Å². The smallest absolute Gasteiger partial charge is 0.351 e. The molecule has 0 amide bonds. The van der Waals surface area contributed by atoms with E-state index in [1.807, 2.05) is 11.8 Å². The first-order chi connectivity index (χ1) is 9.10. The fraction of sp³-hybridized carbons (Fsp3) is 0.667. The van der Waals surface area contributed by atoms with Crippen molar-refractivity contribution in [2.24, 2.45) is 0 Å². The van der Waals surface area contributed by atoms with E-state index in [0.29, 0.717) is 0 Å². The van der Waals surface area contributed by atoms with Crippen molar-refractivity contribution in [2.45, 2.75) is 31.8 Å². The summed E-state index contributed by atoms with van der Waals surface area (Å²) in [6.45, 7) is 3.50. The Morgan fingerprint density at radius 3 is 2.84 bits per heavy atom. The highest BCUT2D eigenvalue weighted by atomic mass is 16.5. The van der Waals surface area contributed by atoms with Gasteiger partial charge in [0.15, 0.2) is 0 Å². The molecule has 3 heterocycles. The van der Waals surface area contributed by atoms with Crippen LogP contribution in [-0.2, 0) is 4.74 Å². The number of aryl methyl sites for hydroxylation is 1. The minimum Gasteiger partial charge on any atom is -0.394 e. The molecular formula is C12H17N3O4. The van der Waals surface area contributed by atoms with Crippen molar-refractivity contribution in [3.05, 3.63) is 22.2 Å². The van der Waals surface area contributed by atoms with E-state index < -0.39 is 18.4 Å². The predicted octanol–water partition coefficient (Wildman–Crippen LogP) is -0.988. The van der Waals surface area contributed by atoms with Gasteiger partial charge in [-0.1, -0.05) is 0 Å². The van der Waals surface area contributed by atoms with Crippen molar-refractivity contribution in [1.82, 2.24) is 9.55 Å². The molecule has 2 N–H and O–H groups in total. The molecule has 0 aromatic carbocycles. The molecule has 3 atom stereocenters. The maximum absolute atomic E-state index is 12.0. The zero-order chi connectivity index (χ0) is 13.6. The number of aliphatic hydroxyl groups excluding tert-OH is 2. The number of hydrogen-bond donors (Lipinski definition) is 2. The summed E-state index contributed by atoms with van der Waals surface area (Å²) in [6, 6.07) is 0. The molecule has 0 spiro atoms. The highest BCUT2D eigenvalue weighted by Gasteiger charge is 2.35. The van der Waals surface area contributed by atoms with Crippen LogP contribution in [0.1, 0.15) is 18.2 Å². The molecule has 2 saturated heterocycles. The topological polar surface area (TPSA) is 87.6 Å². The molecule has 2 fully saturated rings. The lowest BCUT2D eigenvalue weighted by Crippen LogP contribution is -2.28. The van der Waals surface area contributed by atoms with Crippen LogP contribution in [0.15, 0.2) is 11.0 Å². The summed E-state index contributed by atoms with van der Waals surface area (Å²) < 4.78 is 6.86. The lowest BCUT2D eigenvalue weighted by molar-refractivity contribution is -0.0459. The number of aliphatic hydroxyl groups is 2. The standard InChI is InChI=1S/C12H17N3O4/c1-7-5-15(10-4-8(17)9(6-16)19-10)12(18)13-11(7)14-2-3-14/h5,8-10,16-17H,2-4,6H2,1H3/t8-,9+,10+/m0/s1. The minimum absolute atomic E-state index is 0.259. The van der Waals surface area contributed by atoms with Crippen LogP contribution >= 0.6 is 0 Å². The lowest BCUT2D eigenvalue weighted by atomic mass is 10.2. The Bertz CT molecular complexity index is 540. The summed E-state index contributed by atoms with van der Waals surface area (Å²) in [4.78, 5) is 18.1. The van der Waals surface area contributed by atoms with Crippen molar-refractivity contribution in [3.8, 4) is 0 Å². The van der Waals surface area contributed by atoms with Gasteiger partial charge in [-0.2, -0.15) is 4.98 Å². The summed E-state index contributed by atoms with van der Waals surface area (Å²) in [5.41, 5.74) is 0.519. The number of ether oxygens (including phenoxy) is 1. The van der Waals surface area contributed by atoms with Crippen LogP contribution in [0.3, 0.4) is 0 Å². The molecule has 7 heteroatoms. The number of anilines is 1. The Hall–Kier alpha value is -1.44. The zero-order valence-electron chi connectivity index (χ0n) is 10.7. The molecule has 2 aliphatic rings. The van der Waals surface area contributed by atoms with E-state index >= 15 is 0 Å². The molecule has 2 aliphatic heterocycles. The highest BCUT2D eigenvalue weighted by molar-refractivity contribution is 5.49. The van der Waals surface area contributed by atoms with Crippen molar-refractivity contribution >= 4 is 5.82 Å². The molecule has 1 aromatic rings. The third kappa shape index (κ3) is 2.24. The first-order valence-electron chi connectivity index (χ1n) is 6.39. The van der Waals surface area contributed by atoms with Gasteiger partial charge >= 0.3 is 5.69 Å². The van der Waals surface area contributed by atoms with Crippen LogP contribution < -0.4 is 10.6 Å².